The molecule has 0 fully saturated rings. The number of aryl methyl sites for hydroxylation is 1. The minimum absolute atomic E-state index is 0.0290. The quantitative estimate of drug-likeness (QED) is 0.733. The summed E-state index contributed by atoms with van der Waals surface area (Å²) >= 11 is 0. The number of hydrogen-bond acceptors (Lipinski definition) is 3. The topological polar surface area (TPSA) is 43.4 Å². The molecule has 2 heterocycles. The van der Waals surface area contributed by atoms with Crippen LogP contribution in [0, 0.1) is 6.92 Å². The maximum absolute atomic E-state index is 12.0. The first-order valence-corrected chi connectivity index (χ1v) is 5.83. The lowest BCUT2D eigenvalue weighted by atomic mass is 9.96. The SMILES string of the molecule is CCC(CC(=O)c1ccc(C)o1)c1ccco1. The fourth-order valence-electron chi connectivity index (χ4n) is 1.88. The molecule has 0 aliphatic rings. The van der Waals surface area contributed by atoms with Crippen LogP contribution in [-0.4, -0.2) is 5.78 Å². The summed E-state index contributed by atoms with van der Waals surface area (Å²) in [7, 11) is 0. The summed E-state index contributed by atoms with van der Waals surface area (Å²) in [6, 6.07) is 7.29. The molecule has 0 spiro atoms. The number of ketones is 1. The first-order valence-electron chi connectivity index (χ1n) is 5.83. The standard InChI is InChI=1S/C14H16O3/c1-3-11(13-5-4-8-16-13)9-12(15)14-7-6-10(2)17-14/h4-8,11H,3,9H2,1-2H3. The predicted octanol–water partition coefficient (Wildman–Crippen LogP) is 3.95. The van der Waals surface area contributed by atoms with Crippen molar-refractivity contribution in [3.63, 3.8) is 0 Å². The van der Waals surface area contributed by atoms with Gasteiger partial charge in [-0.25, -0.2) is 0 Å². The molecule has 0 bridgehead atoms. The fraction of sp³-hybridized carbons (Fsp3) is 0.357. The maximum atomic E-state index is 12.0. The molecule has 1 unspecified atom stereocenters. The lowest BCUT2D eigenvalue weighted by Gasteiger charge is -2.09. The van der Waals surface area contributed by atoms with Crippen LogP contribution in [0.2, 0.25) is 0 Å². The van der Waals surface area contributed by atoms with E-state index in [0.29, 0.717) is 12.2 Å². The zero-order chi connectivity index (χ0) is 12.3. The molecule has 2 rings (SSSR count). The molecule has 0 aliphatic carbocycles. The van der Waals surface area contributed by atoms with E-state index in [1.54, 1.807) is 18.4 Å². The molecule has 2 aromatic rings. The van der Waals surface area contributed by atoms with Crippen LogP contribution < -0.4 is 0 Å². The van der Waals surface area contributed by atoms with E-state index in [9.17, 15) is 4.79 Å². The lowest BCUT2D eigenvalue weighted by Crippen LogP contribution is -2.05. The largest absolute Gasteiger partial charge is 0.469 e. The predicted molar refractivity (Wildman–Crippen MR) is 64.1 cm³/mol. The van der Waals surface area contributed by atoms with Crippen LogP contribution in [0.25, 0.3) is 0 Å². The summed E-state index contributed by atoms with van der Waals surface area (Å²) in [5.74, 6) is 2.22. The molecule has 0 aliphatic heterocycles. The molecule has 1 atom stereocenters. The molecule has 3 nitrogen and oxygen atoms in total. The van der Waals surface area contributed by atoms with Gasteiger partial charge in [0.1, 0.15) is 11.5 Å². The Kier molecular flexibility index (Phi) is 3.47. The van der Waals surface area contributed by atoms with E-state index in [-0.39, 0.29) is 11.7 Å². The Bertz CT molecular complexity index is 479. The summed E-state index contributed by atoms with van der Waals surface area (Å²) in [6.45, 7) is 3.88. The summed E-state index contributed by atoms with van der Waals surface area (Å²) in [6.07, 6.45) is 2.94. The molecule has 0 radical (unpaired) electrons. The van der Waals surface area contributed by atoms with Gasteiger partial charge < -0.3 is 8.83 Å². The summed E-state index contributed by atoms with van der Waals surface area (Å²) < 4.78 is 10.7. The van der Waals surface area contributed by atoms with E-state index in [4.69, 9.17) is 8.83 Å². The molecule has 0 amide bonds. The second-order valence-electron chi connectivity index (χ2n) is 4.16. The van der Waals surface area contributed by atoms with Crippen LogP contribution in [-0.2, 0) is 0 Å². The van der Waals surface area contributed by atoms with Gasteiger partial charge in [-0.15, -0.1) is 0 Å². The number of carbonyl (C=O) groups is 1. The van der Waals surface area contributed by atoms with Crippen LogP contribution in [0.15, 0.2) is 39.4 Å². The molecule has 90 valence electrons. The Labute approximate surface area is 100 Å². The second-order valence-corrected chi connectivity index (χ2v) is 4.16. The van der Waals surface area contributed by atoms with Gasteiger partial charge in [0.25, 0.3) is 0 Å². The zero-order valence-electron chi connectivity index (χ0n) is 10.1. The van der Waals surface area contributed by atoms with Crippen molar-refractivity contribution in [1.29, 1.82) is 0 Å². The summed E-state index contributed by atoms with van der Waals surface area (Å²) in [4.78, 5) is 12.0. The van der Waals surface area contributed by atoms with Gasteiger partial charge in [-0.2, -0.15) is 0 Å². The third-order valence-corrected chi connectivity index (χ3v) is 2.89. The van der Waals surface area contributed by atoms with E-state index in [0.717, 1.165) is 17.9 Å². The maximum Gasteiger partial charge on any atom is 0.198 e. The lowest BCUT2D eigenvalue weighted by molar-refractivity contribution is 0.0941. The van der Waals surface area contributed by atoms with Crippen LogP contribution in [0.1, 0.15) is 47.8 Å². The molecule has 2 aromatic heterocycles. The zero-order valence-corrected chi connectivity index (χ0v) is 10.1. The van der Waals surface area contributed by atoms with E-state index in [1.807, 2.05) is 26.0 Å². The van der Waals surface area contributed by atoms with Crippen molar-refractivity contribution in [3.8, 4) is 0 Å². The Morgan fingerprint density at radius 2 is 2.18 bits per heavy atom. The fourth-order valence-corrected chi connectivity index (χ4v) is 1.88. The highest BCUT2D eigenvalue weighted by atomic mass is 16.3. The molecule has 0 N–H and O–H groups in total. The highest BCUT2D eigenvalue weighted by Crippen LogP contribution is 2.25. The van der Waals surface area contributed by atoms with E-state index in [2.05, 4.69) is 0 Å². The van der Waals surface area contributed by atoms with Gasteiger partial charge in [-0.3, -0.25) is 4.79 Å². The average Bonchev–Trinajstić information content (AvgIpc) is 2.96. The highest BCUT2D eigenvalue weighted by Gasteiger charge is 2.19. The monoisotopic (exact) mass is 232 g/mol. The first-order chi connectivity index (χ1) is 8.20. The van der Waals surface area contributed by atoms with Crippen molar-refractivity contribution in [2.75, 3.05) is 0 Å². The normalized spacial score (nSPS) is 12.6. The molecule has 0 aromatic carbocycles. The Hall–Kier alpha value is -1.77. The van der Waals surface area contributed by atoms with Gasteiger partial charge in [-0.1, -0.05) is 6.92 Å². The Morgan fingerprint density at radius 3 is 2.71 bits per heavy atom. The molecular formula is C14H16O3. The van der Waals surface area contributed by atoms with Crippen molar-refractivity contribution in [2.24, 2.45) is 0 Å². The van der Waals surface area contributed by atoms with Gasteiger partial charge in [0.2, 0.25) is 0 Å². The number of rotatable bonds is 5. The molecule has 17 heavy (non-hydrogen) atoms. The average molecular weight is 232 g/mol. The molecule has 0 saturated heterocycles. The van der Waals surface area contributed by atoms with Crippen molar-refractivity contribution in [1.82, 2.24) is 0 Å². The van der Waals surface area contributed by atoms with E-state index < -0.39 is 0 Å². The van der Waals surface area contributed by atoms with Crippen molar-refractivity contribution in [2.45, 2.75) is 32.6 Å². The van der Waals surface area contributed by atoms with Crippen molar-refractivity contribution in [3.05, 3.63) is 47.8 Å². The number of Topliss-reactive ketones (excluding diaryl/α,β-unsaturated/α-hetero) is 1. The summed E-state index contributed by atoms with van der Waals surface area (Å²) in [5.41, 5.74) is 0. The molecular weight excluding hydrogens is 216 g/mol. The van der Waals surface area contributed by atoms with Gasteiger partial charge in [0.05, 0.1) is 6.26 Å². The van der Waals surface area contributed by atoms with E-state index in [1.165, 1.54) is 0 Å². The van der Waals surface area contributed by atoms with Crippen molar-refractivity contribution < 1.29 is 13.6 Å². The van der Waals surface area contributed by atoms with Crippen LogP contribution in [0.4, 0.5) is 0 Å². The highest BCUT2D eigenvalue weighted by molar-refractivity contribution is 5.93. The van der Waals surface area contributed by atoms with Gasteiger partial charge in [-0.05, 0) is 37.6 Å². The van der Waals surface area contributed by atoms with Gasteiger partial charge >= 0.3 is 0 Å². The second kappa shape index (κ2) is 5.04. The van der Waals surface area contributed by atoms with Crippen molar-refractivity contribution >= 4 is 5.78 Å². The number of hydrogen-bond donors (Lipinski definition) is 0. The number of furan rings is 2. The van der Waals surface area contributed by atoms with Crippen LogP contribution in [0.3, 0.4) is 0 Å². The van der Waals surface area contributed by atoms with Gasteiger partial charge in [0, 0.05) is 12.3 Å². The van der Waals surface area contributed by atoms with Crippen LogP contribution >= 0.6 is 0 Å². The molecule has 0 saturated carbocycles. The summed E-state index contributed by atoms with van der Waals surface area (Å²) in [5, 5.41) is 0. The third kappa shape index (κ3) is 2.67. The first kappa shape index (κ1) is 11.7. The third-order valence-electron chi connectivity index (χ3n) is 2.89. The minimum Gasteiger partial charge on any atom is -0.469 e. The van der Waals surface area contributed by atoms with Gasteiger partial charge in [0.15, 0.2) is 11.5 Å². The van der Waals surface area contributed by atoms with Crippen LogP contribution in [0.5, 0.6) is 0 Å². The minimum atomic E-state index is 0.0290. The smallest absolute Gasteiger partial charge is 0.198 e. The van der Waals surface area contributed by atoms with E-state index >= 15 is 0 Å². The Morgan fingerprint density at radius 1 is 1.35 bits per heavy atom. The Balaban J connectivity index is 2.07. The number of carbonyl (C=O) groups excluding carboxylic acids is 1. The molecule has 3 heteroatoms.